The summed E-state index contributed by atoms with van der Waals surface area (Å²) in [6.45, 7) is 0.941. The largest absolute Gasteiger partial charge is 0.393 e. The fraction of sp³-hybridized carbons (Fsp3) is 0.636. The van der Waals surface area contributed by atoms with Gasteiger partial charge < -0.3 is 9.84 Å². The van der Waals surface area contributed by atoms with Crippen LogP contribution in [0.2, 0.25) is 0 Å². The minimum Gasteiger partial charge on any atom is -0.393 e. The van der Waals surface area contributed by atoms with Gasteiger partial charge in [0.2, 0.25) is 0 Å². The summed E-state index contributed by atoms with van der Waals surface area (Å²) in [5.74, 6) is 0. The molecule has 2 nitrogen and oxygen atoms in total. The third kappa shape index (κ3) is 2.16. The molecule has 78 valence electrons. The Bertz CT molecular complexity index is 263. The average molecular weight is 212 g/mol. The summed E-state index contributed by atoms with van der Waals surface area (Å²) in [6, 6.07) is 4.16. The van der Waals surface area contributed by atoms with Gasteiger partial charge in [-0.2, -0.15) is 0 Å². The van der Waals surface area contributed by atoms with Crippen LogP contribution in [-0.4, -0.2) is 23.9 Å². The van der Waals surface area contributed by atoms with Crippen LogP contribution in [0, 0.1) is 0 Å². The Balaban J connectivity index is 2.04. The Kier molecular flexibility index (Phi) is 3.21. The highest BCUT2D eigenvalue weighted by Gasteiger charge is 2.32. The predicted molar refractivity (Wildman–Crippen MR) is 57.6 cm³/mol. The highest BCUT2D eigenvalue weighted by molar-refractivity contribution is 7.09. The molecule has 0 amide bonds. The van der Waals surface area contributed by atoms with E-state index in [1.54, 1.807) is 11.3 Å². The second kappa shape index (κ2) is 4.43. The van der Waals surface area contributed by atoms with E-state index in [1.807, 2.05) is 6.07 Å². The lowest BCUT2D eigenvalue weighted by Gasteiger charge is -2.35. The van der Waals surface area contributed by atoms with Gasteiger partial charge in [0.25, 0.3) is 0 Å². The molecule has 0 aromatic carbocycles. The molecule has 0 bridgehead atoms. The van der Waals surface area contributed by atoms with Gasteiger partial charge in [0, 0.05) is 17.9 Å². The molecule has 2 rings (SSSR count). The maximum atomic E-state index is 9.42. The van der Waals surface area contributed by atoms with Gasteiger partial charge in [0.05, 0.1) is 12.2 Å². The Morgan fingerprint density at radius 1 is 1.50 bits per heavy atom. The Morgan fingerprint density at radius 3 is 3.00 bits per heavy atom. The Morgan fingerprint density at radius 2 is 2.43 bits per heavy atom. The summed E-state index contributed by atoms with van der Waals surface area (Å²) in [5.41, 5.74) is -0.289. The van der Waals surface area contributed by atoms with Gasteiger partial charge in [-0.25, -0.2) is 0 Å². The molecule has 1 fully saturated rings. The first-order valence-electron chi connectivity index (χ1n) is 5.12. The molecular weight excluding hydrogens is 196 g/mol. The summed E-state index contributed by atoms with van der Waals surface area (Å²) < 4.78 is 5.74. The minimum absolute atomic E-state index is 0.144. The molecule has 1 aliphatic heterocycles. The van der Waals surface area contributed by atoms with E-state index in [9.17, 15) is 5.11 Å². The first-order valence-corrected chi connectivity index (χ1v) is 6.00. The van der Waals surface area contributed by atoms with Crippen LogP contribution < -0.4 is 0 Å². The summed E-state index contributed by atoms with van der Waals surface area (Å²) in [4.78, 5) is 1.31. The molecule has 1 aliphatic rings. The lowest BCUT2D eigenvalue weighted by Crippen LogP contribution is -2.41. The van der Waals surface area contributed by atoms with Crippen molar-refractivity contribution in [3.05, 3.63) is 22.4 Å². The number of aliphatic hydroxyl groups is 1. The van der Waals surface area contributed by atoms with Crippen LogP contribution in [0.3, 0.4) is 0 Å². The van der Waals surface area contributed by atoms with Gasteiger partial charge in [-0.3, -0.25) is 0 Å². The fourth-order valence-corrected chi connectivity index (χ4v) is 2.80. The van der Waals surface area contributed by atoms with Crippen LogP contribution >= 0.6 is 11.3 Å². The third-order valence-corrected chi connectivity index (χ3v) is 3.68. The van der Waals surface area contributed by atoms with Crippen LogP contribution in [0.1, 0.15) is 24.1 Å². The van der Waals surface area contributed by atoms with E-state index in [0.717, 1.165) is 25.9 Å². The van der Waals surface area contributed by atoms with Crippen LogP contribution in [0.25, 0.3) is 0 Å². The topological polar surface area (TPSA) is 29.5 Å². The third-order valence-electron chi connectivity index (χ3n) is 2.80. The molecule has 0 radical (unpaired) electrons. The minimum atomic E-state index is -0.289. The van der Waals surface area contributed by atoms with Gasteiger partial charge >= 0.3 is 0 Å². The number of ether oxygens (including phenoxy) is 1. The SMILES string of the molecule is OCC1(Cc2cccs2)CCCCO1. The van der Waals surface area contributed by atoms with Crippen molar-refractivity contribution in [1.82, 2.24) is 0 Å². The van der Waals surface area contributed by atoms with Gasteiger partial charge in [-0.15, -0.1) is 11.3 Å². The Labute approximate surface area is 88.5 Å². The van der Waals surface area contributed by atoms with Crippen LogP contribution in [-0.2, 0) is 11.2 Å². The van der Waals surface area contributed by atoms with Crippen molar-refractivity contribution < 1.29 is 9.84 Å². The second-order valence-electron chi connectivity index (χ2n) is 3.90. The molecule has 1 saturated heterocycles. The van der Waals surface area contributed by atoms with Crippen LogP contribution in [0.15, 0.2) is 17.5 Å². The van der Waals surface area contributed by atoms with Crippen molar-refractivity contribution in [2.24, 2.45) is 0 Å². The molecule has 1 aromatic heterocycles. The second-order valence-corrected chi connectivity index (χ2v) is 4.94. The number of thiophene rings is 1. The van der Waals surface area contributed by atoms with Gasteiger partial charge in [-0.05, 0) is 30.7 Å². The molecule has 2 heterocycles. The maximum Gasteiger partial charge on any atom is 0.0959 e. The number of aliphatic hydroxyl groups excluding tert-OH is 1. The normalized spacial score (nSPS) is 27.8. The van der Waals surface area contributed by atoms with Gasteiger partial charge in [0.15, 0.2) is 0 Å². The quantitative estimate of drug-likeness (QED) is 0.832. The first-order chi connectivity index (χ1) is 6.85. The number of hydrogen-bond donors (Lipinski definition) is 1. The lowest BCUT2D eigenvalue weighted by atomic mass is 9.90. The number of hydrogen-bond acceptors (Lipinski definition) is 3. The highest BCUT2D eigenvalue weighted by atomic mass is 32.1. The van der Waals surface area contributed by atoms with E-state index in [1.165, 1.54) is 11.3 Å². The van der Waals surface area contributed by atoms with E-state index in [2.05, 4.69) is 11.4 Å². The molecular formula is C11H16O2S. The molecule has 0 saturated carbocycles. The zero-order chi connectivity index (χ0) is 9.86. The zero-order valence-electron chi connectivity index (χ0n) is 8.24. The number of rotatable bonds is 3. The Hall–Kier alpha value is -0.380. The molecule has 1 N–H and O–H groups in total. The molecule has 0 aliphatic carbocycles. The summed E-state index contributed by atoms with van der Waals surface area (Å²) >= 11 is 1.74. The van der Waals surface area contributed by atoms with E-state index >= 15 is 0 Å². The highest BCUT2D eigenvalue weighted by Crippen LogP contribution is 2.29. The monoisotopic (exact) mass is 212 g/mol. The molecule has 0 spiro atoms. The van der Waals surface area contributed by atoms with Crippen molar-refractivity contribution >= 4 is 11.3 Å². The van der Waals surface area contributed by atoms with Crippen molar-refractivity contribution in [1.29, 1.82) is 0 Å². The van der Waals surface area contributed by atoms with Crippen molar-refractivity contribution in [2.45, 2.75) is 31.3 Å². The van der Waals surface area contributed by atoms with E-state index < -0.39 is 0 Å². The zero-order valence-corrected chi connectivity index (χ0v) is 9.05. The summed E-state index contributed by atoms with van der Waals surface area (Å²) in [7, 11) is 0. The van der Waals surface area contributed by atoms with Crippen molar-refractivity contribution in [3.63, 3.8) is 0 Å². The van der Waals surface area contributed by atoms with E-state index in [0.29, 0.717) is 0 Å². The summed E-state index contributed by atoms with van der Waals surface area (Å²) in [5, 5.41) is 11.5. The van der Waals surface area contributed by atoms with Crippen molar-refractivity contribution in [3.8, 4) is 0 Å². The van der Waals surface area contributed by atoms with Crippen molar-refractivity contribution in [2.75, 3.05) is 13.2 Å². The standard InChI is InChI=1S/C11H16O2S/c12-9-11(5-1-2-6-13-11)8-10-4-3-7-14-10/h3-4,7,12H,1-2,5-6,8-9H2. The van der Waals surface area contributed by atoms with Crippen LogP contribution in [0.5, 0.6) is 0 Å². The smallest absolute Gasteiger partial charge is 0.0959 e. The first kappa shape index (κ1) is 10.1. The molecule has 1 atom stereocenters. The van der Waals surface area contributed by atoms with Crippen LogP contribution in [0.4, 0.5) is 0 Å². The van der Waals surface area contributed by atoms with Gasteiger partial charge in [-0.1, -0.05) is 6.07 Å². The summed E-state index contributed by atoms with van der Waals surface area (Å²) in [6.07, 6.45) is 4.15. The van der Waals surface area contributed by atoms with E-state index in [-0.39, 0.29) is 12.2 Å². The maximum absolute atomic E-state index is 9.42. The predicted octanol–water partition coefficient (Wildman–Crippen LogP) is 2.22. The molecule has 1 aromatic rings. The van der Waals surface area contributed by atoms with E-state index in [4.69, 9.17) is 4.74 Å². The molecule has 3 heteroatoms. The average Bonchev–Trinajstić information content (AvgIpc) is 2.72. The lowest BCUT2D eigenvalue weighted by molar-refractivity contribution is -0.106. The fourth-order valence-electron chi connectivity index (χ4n) is 1.96. The molecule has 1 unspecified atom stereocenters. The van der Waals surface area contributed by atoms with Gasteiger partial charge in [0.1, 0.15) is 0 Å². The molecule has 14 heavy (non-hydrogen) atoms.